The van der Waals surface area contributed by atoms with Gasteiger partial charge in [0.05, 0.1) is 0 Å². The highest BCUT2D eigenvalue weighted by Crippen LogP contribution is 2.42. The van der Waals surface area contributed by atoms with Crippen molar-refractivity contribution in [2.45, 2.75) is 84.1 Å². The first kappa shape index (κ1) is 16.8. The van der Waals surface area contributed by atoms with E-state index in [1.54, 1.807) is 0 Å². The molecular formula is C18H34N2O. The molecule has 1 aliphatic heterocycles. The molecule has 122 valence electrons. The Kier molecular flexibility index (Phi) is 6.53. The number of rotatable bonds is 7. The summed E-state index contributed by atoms with van der Waals surface area (Å²) in [6.45, 7) is 6.64. The molecule has 1 saturated heterocycles. The van der Waals surface area contributed by atoms with Crippen LogP contribution in [0, 0.1) is 11.3 Å². The fourth-order valence-electron chi connectivity index (χ4n) is 4.29. The van der Waals surface area contributed by atoms with E-state index in [4.69, 9.17) is 0 Å². The van der Waals surface area contributed by atoms with Crippen LogP contribution < -0.4 is 10.6 Å². The van der Waals surface area contributed by atoms with Gasteiger partial charge in [-0.15, -0.1) is 0 Å². The van der Waals surface area contributed by atoms with Crippen molar-refractivity contribution in [3.8, 4) is 0 Å². The maximum Gasteiger partial charge on any atom is 0.220 e. The van der Waals surface area contributed by atoms with Crippen molar-refractivity contribution >= 4 is 5.91 Å². The zero-order valence-corrected chi connectivity index (χ0v) is 14.0. The second kappa shape index (κ2) is 8.17. The second-order valence-electron chi connectivity index (χ2n) is 7.77. The number of nitrogens with one attached hydrogen (secondary N) is 2. The number of piperidine rings is 1. The van der Waals surface area contributed by atoms with Gasteiger partial charge in [0, 0.05) is 19.0 Å². The minimum absolute atomic E-state index is 0.261. The molecule has 0 radical (unpaired) electrons. The van der Waals surface area contributed by atoms with E-state index in [2.05, 4.69) is 24.5 Å². The lowest BCUT2D eigenvalue weighted by atomic mass is 9.78. The van der Waals surface area contributed by atoms with E-state index in [9.17, 15) is 4.79 Å². The predicted octanol–water partition coefficient (Wildman–Crippen LogP) is 3.63. The van der Waals surface area contributed by atoms with E-state index >= 15 is 0 Å². The first-order chi connectivity index (χ1) is 10.1. The Morgan fingerprint density at radius 3 is 2.62 bits per heavy atom. The molecule has 1 aliphatic carbocycles. The second-order valence-corrected chi connectivity index (χ2v) is 7.77. The third kappa shape index (κ3) is 5.61. The topological polar surface area (TPSA) is 41.1 Å². The van der Waals surface area contributed by atoms with Gasteiger partial charge in [0.2, 0.25) is 5.91 Å². The Morgan fingerprint density at radius 1 is 1.24 bits per heavy atom. The molecule has 2 aliphatic rings. The standard InChI is InChI=1S/C18H34N2O/c1-15(2)13-18(10-4-5-11-18)14-20-17(21)9-8-16-7-3-6-12-19-16/h15-16,19H,3-14H2,1-2H3,(H,20,21). The molecule has 0 aromatic heterocycles. The van der Waals surface area contributed by atoms with Gasteiger partial charge < -0.3 is 10.6 Å². The Labute approximate surface area is 130 Å². The highest BCUT2D eigenvalue weighted by atomic mass is 16.1. The first-order valence-electron chi connectivity index (χ1n) is 9.10. The van der Waals surface area contributed by atoms with E-state index in [0.717, 1.165) is 25.4 Å². The molecule has 2 rings (SSSR count). The maximum atomic E-state index is 12.1. The van der Waals surface area contributed by atoms with E-state index in [1.165, 1.54) is 51.4 Å². The number of carbonyl (C=O) groups is 1. The summed E-state index contributed by atoms with van der Waals surface area (Å²) < 4.78 is 0. The van der Waals surface area contributed by atoms with Crippen LogP contribution in [0.4, 0.5) is 0 Å². The number of hydrogen-bond acceptors (Lipinski definition) is 2. The molecule has 0 bridgehead atoms. The van der Waals surface area contributed by atoms with Gasteiger partial charge in [-0.2, -0.15) is 0 Å². The van der Waals surface area contributed by atoms with Crippen molar-refractivity contribution < 1.29 is 4.79 Å². The molecule has 0 spiro atoms. The molecular weight excluding hydrogens is 260 g/mol. The van der Waals surface area contributed by atoms with Gasteiger partial charge in [0.15, 0.2) is 0 Å². The summed E-state index contributed by atoms with van der Waals surface area (Å²) in [5.74, 6) is 0.990. The van der Waals surface area contributed by atoms with Crippen LogP contribution in [-0.4, -0.2) is 25.0 Å². The minimum atomic E-state index is 0.261. The lowest BCUT2D eigenvalue weighted by Crippen LogP contribution is -2.38. The van der Waals surface area contributed by atoms with Crippen molar-refractivity contribution in [2.75, 3.05) is 13.1 Å². The van der Waals surface area contributed by atoms with Crippen LogP contribution in [0.2, 0.25) is 0 Å². The molecule has 0 aromatic carbocycles. The average molecular weight is 294 g/mol. The van der Waals surface area contributed by atoms with Crippen LogP contribution in [0.15, 0.2) is 0 Å². The van der Waals surface area contributed by atoms with Gasteiger partial charge in [-0.1, -0.05) is 33.1 Å². The normalized spacial score (nSPS) is 25.2. The molecule has 1 heterocycles. The fraction of sp³-hybridized carbons (Fsp3) is 0.944. The van der Waals surface area contributed by atoms with Crippen molar-refractivity contribution in [3.05, 3.63) is 0 Å². The Morgan fingerprint density at radius 2 is 2.00 bits per heavy atom. The summed E-state index contributed by atoms with van der Waals surface area (Å²) in [6.07, 6.45) is 12.1. The lowest BCUT2D eigenvalue weighted by molar-refractivity contribution is -0.121. The quantitative estimate of drug-likeness (QED) is 0.753. The molecule has 1 atom stereocenters. The monoisotopic (exact) mass is 294 g/mol. The third-order valence-corrected chi connectivity index (χ3v) is 5.30. The first-order valence-corrected chi connectivity index (χ1v) is 9.10. The highest BCUT2D eigenvalue weighted by Gasteiger charge is 2.34. The summed E-state index contributed by atoms with van der Waals surface area (Å²) in [5.41, 5.74) is 0.396. The van der Waals surface area contributed by atoms with Crippen molar-refractivity contribution in [2.24, 2.45) is 11.3 Å². The lowest BCUT2D eigenvalue weighted by Gasteiger charge is -2.31. The van der Waals surface area contributed by atoms with Crippen molar-refractivity contribution in [1.82, 2.24) is 10.6 Å². The number of carbonyl (C=O) groups excluding carboxylic acids is 1. The molecule has 1 unspecified atom stereocenters. The number of hydrogen-bond donors (Lipinski definition) is 2. The smallest absolute Gasteiger partial charge is 0.220 e. The molecule has 21 heavy (non-hydrogen) atoms. The van der Waals surface area contributed by atoms with Gasteiger partial charge in [-0.25, -0.2) is 0 Å². The van der Waals surface area contributed by atoms with Gasteiger partial charge in [0.1, 0.15) is 0 Å². The molecule has 3 nitrogen and oxygen atoms in total. The van der Waals surface area contributed by atoms with Crippen LogP contribution in [0.5, 0.6) is 0 Å². The van der Waals surface area contributed by atoms with Crippen LogP contribution >= 0.6 is 0 Å². The zero-order valence-electron chi connectivity index (χ0n) is 14.0. The van der Waals surface area contributed by atoms with E-state index < -0.39 is 0 Å². The predicted molar refractivity (Wildman–Crippen MR) is 88.2 cm³/mol. The number of amides is 1. The molecule has 1 saturated carbocycles. The summed E-state index contributed by atoms with van der Waals surface area (Å²) in [4.78, 5) is 12.1. The van der Waals surface area contributed by atoms with Gasteiger partial charge in [0.25, 0.3) is 0 Å². The molecule has 2 fully saturated rings. The molecule has 3 heteroatoms. The molecule has 2 N–H and O–H groups in total. The Balaban J connectivity index is 1.69. The summed E-state index contributed by atoms with van der Waals surface area (Å²) in [6, 6.07) is 0.570. The average Bonchev–Trinajstić information content (AvgIpc) is 2.92. The van der Waals surface area contributed by atoms with Gasteiger partial charge in [-0.3, -0.25) is 4.79 Å². The van der Waals surface area contributed by atoms with Crippen molar-refractivity contribution in [1.29, 1.82) is 0 Å². The summed E-state index contributed by atoms with van der Waals surface area (Å²) in [7, 11) is 0. The zero-order chi connectivity index (χ0) is 15.1. The van der Waals surface area contributed by atoms with Crippen LogP contribution in [0.25, 0.3) is 0 Å². The van der Waals surface area contributed by atoms with Gasteiger partial charge in [-0.05, 0) is 56.4 Å². The minimum Gasteiger partial charge on any atom is -0.356 e. The van der Waals surface area contributed by atoms with Crippen LogP contribution in [0.1, 0.15) is 78.1 Å². The maximum absolute atomic E-state index is 12.1. The molecule has 1 amide bonds. The van der Waals surface area contributed by atoms with Crippen LogP contribution in [-0.2, 0) is 4.79 Å². The highest BCUT2D eigenvalue weighted by molar-refractivity contribution is 5.75. The largest absolute Gasteiger partial charge is 0.356 e. The Bertz CT molecular complexity index is 315. The SMILES string of the molecule is CC(C)CC1(CNC(=O)CCC2CCCCN2)CCCC1. The van der Waals surface area contributed by atoms with Crippen molar-refractivity contribution in [3.63, 3.8) is 0 Å². The summed E-state index contributed by atoms with van der Waals surface area (Å²) >= 11 is 0. The van der Waals surface area contributed by atoms with Gasteiger partial charge >= 0.3 is 0 Å². The van der Waals surface area contributed by atoms with E-state index in [-0.39, 0.29) is 5.91 Å². The van der Waals surface area contributed by atoms with E-state index in [0.29, 0.717) is 17.9 Å². The molecule has 0 aromatic rings. The Hall–Kier alpha value is -0.570. The third-order valence-electron chi connectivity index (χ3n) is 5.30. The fourth-order valence-corrected chi connectivity index (χ4v) is 4.29. The van der Waals surface area contributed by atoms with E-state index in [1.807, 2.05) is 0 Å². The van der Waals surface area contributed by atoms with Crippen LogP contribution in [0.3, 0.4) is 0 Å². The summed E-state index contributed by atoms with van der Waals surface area (Å²) in [5, 5.41) is 6.77.